The Morgan fingerprint density at radius 3 is 2.61 bits per heavy atom. The fourth-order valence-electron chi connectivity index (χ4n) is 2.40. The van der Waals surface area contributed by atoms with Gasteiger partial charge in [0.05, 0.1) is 4.92 Å². The summed E-state index contributed by atoms with van der Waals surface area (Å²) < 4.78 is 5.82. The minimum absolute atomic E-state index is 0.0333. The number of aromatic amines is 1. The molecule has 0 atom stereocenters. The van der Waals surface area contributed by atoms with Crippen LogP contribution >= 0.6 is 11.6 Å². The van der Waals surface area contributed by atoms with Crippen LogP contribution in [0.25, 0.3) is 12.2 Å². The van der Waals surface area contributed by atoms with Gasteiger partial charge in [-0.1, -0.05) is 48.0 Å². The third kappa shape index (κ3) is 4.36. The largest absolute Gasteiger partial charge is 0.488 e. The molecule has 8 nitrogen and oxygen atoms in total. The second kappa shape index (κ2) is 8.36. The van der Waals surface area contributed by atoms with Crippen molar-refractivity contribution in [2.75, 3.05) is 0 Å². The highest BCUT2D eigenvalue weighted by molar-refractivity contribution is 6.31. The molecule has 28 heavy (non-hydrogen) atoms. The lowest BCUT2D eigenvalue weighted by atomic mass is 10.2. The van der Waals surface area contributed by atoms with Gasteiger partial charge < -0.3 is 14.8 Å². The first-order chi connectivity index (χ1) is 13.5. The zero-order valence-corrected chi connectivity index (χ0v) is 15.1. The molecule has 0 unspecified atom stereocenters. The summed E-state index contributed by atoms with van der Waals surface area (Å²) in [6, 6.07) is 14.5. The number of aromatic nitrogens is 2. The van der Waals surface area contributed by atoms with E-state index in [-0.39, 0.29) is 12.4 Å². The Bertz CT molecular complexity index is 1110. The standard InChI is InChI=1S/C19H14ClN3O5/c20-14-7-3-1-6-13(14)11-28-15-8-4-2-5-12(15)9-10-16-21-18(24)17(23(26)27)19(25)22-16/h1-10H,11H2,(H2,21,22,24,25)/b10-9-. The molecule has 3 aromatic rings. The molecule has 0 amide bonds. The minimum atomic E-state index is -1.04. The lowest BCUT2D eigenvalue weighted by Crippen LogP contribution is -2.14. The van der Waals surface area contributed by atoms with Crippen LogP contribution in [0.1, 0.15) is 17.0 Å². The van der Waals surface area contributed by atoms with Crippen molar-refractivity contribution in [1.29, 1.82) is 0 Å². The van der Waals surface area contributed by atoms with Crippen molar-refractivity contribution in [2.24, 2.45) is 0 Å². The van der Waals surface area contributed by atoms with Gasteiger partial charge in [-0.2, -0.15) is 4.98 Å². The topological polar surface area (TPSA) is 118 Å². The van der Waals surface area contributed by atoms with Crippen LogP contribution in [0.2, 0.25) is 5.02 Å². The highest BCUT2D eigenvalue weighted by Crippen LogP contribution is 2.24. The summed E-state index contributed by atoms with van der Waals surface area (Å²) in [7, 11) is 0. The van der Waals surface area contributed by atoms with Crippen LogP contribution in [0.3, 0.4) is 0 Å². The van der Waals surface area contributed by atoms with Crippen molar-refractivity contribution in [1.82, 2.24) is 9.97 Å². The van der Waals surface area contributed by atoms with Crippen molar-refractivity contribution in [2.45, 2.75) is 6.61 Å². The van der Waals surface area contributed by atoms with Gasteiger partial charge in [0.1, 0.15) is 18.2 Å². The maximum absolute atomic E-state index is 11.7. The first-order valence-electron chi connectivity index (χ1n) is 8.06. The number of rotatable bonds is 6. The number of para-hydroxylation sites is 1. The molecule has 0 saturated heterocycles. The zero-order chi connectivity index (χ0) is 20.1. The predicted molar refractivity (Wildman–Crippen MR) is 104 cm³/mol. The second-order valence-corrected chi connectivity index (χ2v) is 6.04. The van der Waals surface area contributed by atoms with Crippen molar-refractivity contribution in [3.05, 3.63) is 91.0 Å². The van der Waals surface area contributed by atoms with Crippen LogP contribution in [-0.2, 0) is 6.61 Å². The molecular formula is C19H14ClN3O5. The van der Waals surface area contributed by atoms with E-state index in [0.717, 1.165) is 5.56 Å². The Kier molecular flexibility index (Phi) is 5.71. The number of hydrogen-bond donors (Lipinski definition) is 2. The summed E-state index contributed by atoms with van der Waals surface area (Å²) >= 11 is 6.13. The lowest BCUT2D eigenvalue weighted by Gasteiger charge is -2.10. The molecule has 0 aliphatic rings. The monoisotopic (exact) mass is 399 g/mol. The molecule has 1 heterocycles. The van der Waals surface area contributed by atoms with Gasteiger partial charge in [0.25, 0.3) is 5.88 Å². The van der Waals surface area contributed by atoms with E-state index in [0.29, 0.717) is 16.3 Å². The van der Waals surface area contributed by atoms with Crippen molar-refractivity contribution >= 4 is 29.4 Å². The Balaban J connectivity index is 1.83. The molecule has 0 radical (unpaired) electrons. The van der Waals surface area contributed by atoms with Crippen LogP contribution in [-0.4, -0.2) is 20.0 Å². The van der Waals surface area contributed by atoms with Gasteiger partial charge in [-0.25, -0.2) is 0 Å². The Hall–Kier alpha value is -3.65. The summed E-state index contributed by atoms with van der Waals surface area (Å²) in [5.41, 5.74) is -0.537. The van der Waals surface area contributed by atoms with E-state index < -0.39 is 22.0 Å². The molecule has 3 rings (SSSR count). The maximum Gasteiger partial charge on any atom is 0.395 e. The van der Waals surface area contributed by atoms with Crippen LogP contribution in [0.4, 0.5) is 5.69 Å². The highest BCUT2D eigenvalue weighted by Gasteiger charge is 2.21. The van der Waals surface area contributed by atoms with E-state index in [9.17, 15) is 20.0 Å². The van der Waals surface area contributed by atoms with E-state index in [1.54, 1.807) is 36.4 Å². The molecule has 142 valence electrons. The average molecular weight is 400 g/mol. The van der Waals surface area contributed by atoms with Gasteiger partial charge >= 0.3 is 11.2 Å². The van der Waals surface area contributed by atoms with Gasteiger partial charge in [-0.15, -0.1) is 0 Å². The molecule has 0 bridgehead atoms. The lowest BCUT2D eigenvalue weighted by molar-refractivity contribution is -0.387. The number of nitro groups is 1. The molecule has 0 spiro atoms. The van der Waals surface area contributed by atoms with Crippen LogP contribution in [0, 0.1) is 10.1 Å². The SMILES string of the molecule is O=c1[nH]c(/C=C\c2ccccc2OCc2ccccc2Cl)nc(O)c1[N+](=O)[O-]. The zero-order valence-electron chi connectivity index (χ0n) is 14.3. The minimum Gasteiger partial charge on any atom is -0.488 e. The number of hydrogen-bond acceptors (Lipinski definition) is 6. The van der Waals surface area contributed by atoms with Crippen molar-refractivity contribution in [3.8, 4) is 11.6 Å². The van der Waals surface area contributed by atoms with Crippen LogP contribution in [0.15, 0.2) is 53.3 Å². The number of halogens is 1. The first kappa shape index (κ1) is 19.1. The van der Waals surface area contributed by atoms with E-state index >= 15 is 0 Å². The predicted octanol–water partition coefficient (Wildman–Crippen LogP) is 3.79. The number of benzene rings is 2. The summed E-state index contributed by atoms with van der Waals surface area (Å²) in [6.07, 6.45) is 3.01. The highest BCUT2D eigenvalue weighted by atomic mass is 35.5. The first-order valence-corrected chi connectivity index (χ1v) is 8.44. The molecule has 0 saturated carbocycles. The molecule has 2 aromatic carbocycles. The Labute approximate surface area is 163 Å². The number of aromatic hydroxyl groups is 1. The molecule has 0 aliphatic carbocycles. The fourth-order valence-corrected chi connectivity index (χ4v) is 2.60. The van der Waals surface area contributed by atoms with Crippen molar-refractivity contribution in [3.63, 3.8) is 0 Å². The quantitative estimate of drug-likeness (QED) is 0.481. The summed E-state index contributed by atoms with van der Waals surface area (Å²) in [4.78, 5) is 27.3. The maximum atomic E-state index is 11.7. The van der Waals surface area contributed by atoms with Crippen molar-refractivity contribution < 1.29 is 14.8 Å². The van der Waals surface area contributed by atoms with Gasteiger partial charge in [0.2, 0.25) is 0 Å². The molecule has 1 aromatic heterocycles. The average Bonchev–Trinajstić information content (AvgIpc) is 2.65. The van der Waals surface area contributed by atoms with E-state index in [1.165, 1.54) is 6.08 Å². The van der Waals surface area contributed by atoms with E-state index in [1.807, 2.05) is 18.2 Å². The molecule has 0 fully saturated rings. The normalized spacial score (nSPS) is 10.9. The fraction of sp³-hybridized carbons (Fsp3) is 0.0526. The summed E-state index contributed by atoms with van der Waals surface area (Å²) in [6.45, 7) is 0.262. The van der Waals surface area contributed by atoms with Gasteiger partial charge in [0.15, 0.2) is 0 Å². The van der Waals surface area contributed by atoms with E-state index in [2.05, 4.69) is 9.97 Å². The summed E-state index contributed by atoms with van der Waals surface area (Å²) in [5, 5.41) is 20.9. The van der Waals surface area contributed by atoms with Crippen LogP contribution in [0.5, 0.6) is 11.6 Å². The smallest absolute Gasteiger partial charge is 0.395 e. The number of nitrogens with one attached hydrogen (secondary N) is 1. The third-order valence-electron chi connectivity index (χ3n) is 3.76. The third-order valence-corrected chi connectivity index (χ3v) is 4.13. The van der Waals surface area contributed by atoms with Gasteiger partial charge in [-0.3, -0.25) is 14.9 Å². The number of H-pyrrole nitrogens is 1. The number of ether oxygens (including phenoxy) is 1. The van der Waals surface area contributed by atoms with Gasteiger partial charge in [0, 0.05) is 16.1 Å². The Morgan fingerprint density at radius 1 is 1.18 bits per heavy atom. The van der Waals surface area contributed by atoms with E-state index in [4.69, 9.17) is 16.3 Å². The molecule has 9 heteroatoms. The summed E-state index contributed by atoms with van der Waals surface area (Å²) in [5.74, 6) is -0.419. The second-order valence-electron chi connectivity index (χ2n) is 5.63. The van der Waals surface area contributed by atoms with Crippen LogP contribution < -0.4 is 10.3 Å². The molecular weight excluding hydrogens is 386 g/mol. The van der Waals surface area contributed by atoms with Gasteiger partial charge in [-0.05, 0) is 24.3 Å². The molecule has 2 N–H and O–H groups in total. The Morgan fingerprint density at radius 2 is 1.89 bits per heavy atom. The number of nitrogens with zero attached hydrogens (tertiary/aromatic N) is 2. The molecule has 0 aliphatic heterocycles.